The third kappa shape index (κ3) is 3.57. The lowest BCUT2D eigenvalue weighted by Crippen LogP contribution is -2.35. The van der Waals surface area contributed by atoms with Crippen LogP contribution in [0.25, 0.3) is 10.8 Å². The van der Waals surface area contributed by atoms with E-state index in [-0.39, 0.29) is 18.0 Å². The summed E-state index contributed by atoms with van der Waals surface area (Å²) in [5.74, 6) is 1.24. The van der Waals surface area contributed by atoms with Crippen LogP contribution in [0.3, 0.4) is 0 Å². The molecular weight excluding hydrogens is 320 g/mol. The normalized spacial score (nSPS) is 11.0. The monoisotopic (exact) mass is 340 g/mol. The molecule has 0 aliphatic rings. The van der Waals surface area contributed by atoms with Crippen LogP contribution < -0.4 is 10.9 Å². The molecule has 130 valence electrons. The number of amides is 1. The fraction of sp³-hybridized carbons (Fsp3) is 0.353. The first-order valence-electron chi connectivity index (χ1n) is 8.07. The molecule has 3 rings (SSSR count). The van der Waals surface area contributed by atoms with Gasteiger partial charge in [0.2, 0.25) is 5.91 Å². The van der Waals surface area contributed by atoms with Crippen LogP contribution in [0.2, 0.25) is 0 Å². The average Bonchev–Trinajstić information content (AvgIpc) is 2.90. The molecule has 8 heteroatoms. The van der Waals surface area contributed by atoms with Crippen molar-refractivity contribution in [1.29, 1.82) is 0 Å². The number of aryl methyl sites for hydroxylation is 3. The van der Waals surface area contributed by atoms with Crippen LogP contribution in [0.15, 0.2) is 29.1 Å². The molecule has 3 aromatic rings. The van der Waals surface area contributed by atoms with Gasteiger partial charge in [0.25, 0.3) is 5.56 Å². The van der Waals surface area contributed by atoms with E-state index < -0.39 is 0 Å². The maximum Gasteiger partial charge on any atom is 0.275 e. The maximum absolute atomic E-state index is 12.5. The van der Waals surface area contributed by atoms with Gasteiger partial charge in [0.15, 0.2) is 0 Å². The van der Waals surface area contributed by atoms with Gasteiger partial charge < -0.3 is 5.32 Å². The Balaban J connectivity index is 1.67. The zero-order chi connectivity index (χ0) is 18.0. The second-order valence-corrected chi connectivity index (χ2v) is 5.87. The number of hydrogen-bond acceptors (Lipinski definition) is 5. The van der Waals surface area contributed by atoms with Crippen LogP contribution in [0.4, 0.5) is 0 Å². The van der Waals surface area contributed by atoms with Crippen molar-refractivity contribution in [1.82, 2.24) is 29.9 Å². The Hall–Kier alpha value is -3.03. The SMILES string of the molecule is Cc1nc(C)n(CCNC(=O)Cn2nc(C)c3ccccc3c2=O)n1. The Morgan fingerprint density at radius 1 is 1.08 bits per heavy atom. The molecule has 8 nitrogen and oxygen atoms in total. The van der Waals surface area contributed by atoms with Crippen molar-refractivity contribution in [3.05, 3.63) is 52.0 Å². The van der Waals surface area contributed by atoms with E-state index >= 15 is 0 Å². The first kappa shape index (κ1) is 16.8. The van der Waals surface area contributed by atoms with Gasteiger partial charge in [-0.2, -0.15) is 10.2 Å². The topological polar surface area (TPSA) is 94.7 Å². The maximum atomic E-state index is 12.5. The largest absolute Gasteiger partial charge is 0.353 e. The summed E-state index contributed by atoms with van der Waals surface area (Å²) in [5, 5.41) is 12.6. The van der Waals surface area contributed by atoms with Gasteiger partial charge in [-0.3, -0.25) is 9.59 Å². The number of nitrogens with one attached hydrogen (secondary N) is 1. The molecule has 0 spiro atoms. The molecule has 2 aromatic heterocycles. The zero-order valence-corrected chi connectivity index (χ0v) is 14.5. The first-order chi connectivity index (χ1) is 12.0. The van der Waals surface area contributed by atoms with Gasteiger partial charge in [0.1, 0.15) is 18.2 Å². The second kappa shape index (κ2) is 6.84. The van der Waals surface area contributed by atoms with E-state index in [1.54, 1.807) is 16.8 Å². The Kier molecular flexibility index (Phi) is 4.60. The fourth-order valence-electron chi connectivity index (χ4n) is 2.78. The molecule has 0 fully saturated rings. The summed E-state index contributed by atoms with van der Waals surface area (Å²) >= 11 is 0. The number of benzene rings is 1. The first-order valence-corrected chi connectivity index (χ1v) is 8.07. The average molecular weight is 340 g/mol. The molecule has 1 amide bonds. The highest BCUT2D eigenvalue weighted by Crippen LogP contribution is 2.11. The van der Waals surface area contributed by atoms with Gasteiger partial charge in [-0.15, -0.1) is 0 Å². The van der Waals surface area contributed by atoms with Crippen molar-refractivity contribution in [3.63, 3.8) is 0 Å². The number of rotatable bonds is 5. The predicted molar refractivity (Wildman–Crippen MR) is 93.2 cm³/mol. The number of carbonyl (C=O) groups is 1. The van der Waals surface area contributed by atoms with Crippen LogP contribution in [0, 0.1) is 20.8 Å². The summed E-state index contributed by atoms with van der Waals surface area (Å²) in [5.41, 5.74) is 0.454. The predicted octanol–water partition coefficient (Wildman–Crippen LogP) is 0.730. The molecule has 2 heterocycles. The van der Waals surface area contributed by atoms with E-state index in [9.17, 15) is 9.59 Å². The number of fused-ring (bicyclic) bond motifs is 1. The van der Waals surface area contributed by atoms with E-state index in [1.807, 2.05) is 32.9 Å². The molecule has 1 aromatic carbocycles. The summed E-state index contributed by atoms with van der Waals surface area (Å²) in [6, 6.07) is 7.26. The number of carbonyl (C=O) groups excluding carboxylic acids is 1. The minimum atomic E-state index is -0.265. The highest BCUT2D eigenvalue weighted by molar-refractivity contribution is 5.83. The van der Waals surface area contributed by atoms with E-state index in [2.05, 4.69) is 20.5 Å². The van der Waals surface area contributed by atoms with Crippen LogP contribution >= 0.6 is 0 Å². The van der Waals surface area contributed by atoms with Crippen molar-refractivity contribution < 1.29 is 4.79 Å². The molecule has 1 N–H and O–H groups in total. The number of nitrogens with zero attached hydrogens (tertiary/aromatic N) is 5. The zero-order valence-electron chi connectivity index (χ0n) is 14.5. The van der Waals surface area contributed by atoms with Gasteiger partial charge in [-0.1, -0.05) is 18.2 Å². The molecule has 0 radical (unpaired) electrons. The summed E-state index contributed by atoms with van der Waals surface area (Å²) in [6.45, 7) is 6.33. The summed E-state index contributed by atoms with van der Waals surface area (Å²) in [6.07, 6.45) is 0. The lowest BCUT2D eigenvalue weighted by Gasteiger charge is -2.09. The van der Waals surface area contributed by atoms with Crippen molar-refractivity contribution >= 4 is 16.7 Å². The standard InChI is InChI=1S/C17H20N6O2/c1-11-14-6-4-5-7-15(14)17(25)23(20-11)10-16(24)18-8-9-22-13(3)19-12(2)21-22/h4-7H,8-10H2,1-3H3,(H,18,24). The van der Waals surface area contributed by atoms with Gasteiger partial charge in [0.05, 0.1) is 17.6 Å². The molecule has 0 aliphatic heterocycles. The van der Waals surface area contributed by atoms with E-state index in [4.69, 9.17) is 0 Å². The third-order valence-electron chi connectivity index (χ3n) is 3.95. The van der Waals surface area contributed by atoms with E-state index in [1.165, 1.54) is 4.68 Å². The van der Waals surface area contributed by atoms with Crippen molar-refractivity contribution in [2.75, 3.05) is 6.54 Å². The quantitative estimate of drug-likeness (QED) is 0.739. The van der Waals surface area contributed by atoms with Gasteiger partial charge in [-0.25, -0.2) is 14.3 Å². The highest BCUT2D eigenvalue weighted by atomic mass is 16.2. The smallest absolute Gasteiger partial charge is 0.275 e. The van der Waals surface area contributed by atoms with Crippen LogP contribution in [-0.4, -0.2) is 37.0 Å². The molecule has 0 saturated carbocycles. The van der Waals surface area contributed by atoms with Gasteiger partial charge in [-0.05, 0) is 26.8 Å². The Morgan fingerprint density at radius 3 is 2.48 bits per heavy atom. The number of hydrogen-bond donors (Lipinski definition) is 1. The lowest BCUT2D eigenvalue weighted by molar-refractivity contribution is -0.121. The molecule has 0 saturated heterocycles. The molecule has 0 atom stereocenters. The minimum Gasteiger partial charge on any atom is -0.353 e. The summed E-state index contributed by atoms with van der Waals surface area (Å²) in [4.78, 5) is 28.8. The summed E-state index contributed by atoms with van der Waals surface area (Å²) in [7, 11) is 0. The van der Waals surface area contributed by atoms with Crippen molar-refractivity contribution in [3.8, 4) is 0 Å². The Morgan fingerprint density at radius 2 is 1.80 bits per heavy atom. The van der Waals surface area contributed by atoms with Crippen molar-refractivity contribution in [2.45, 2.75) is 33.9 Å². The molecule has 0 aliphatic carbocycles. The minimum absolute atomic E-state index is 0.111. The van der Waals surface area contributed by atoms with Crippen LogP contribution in [-0.2, 0) is 17.9 Å². The van der Waals surface area contributed by atoms with Crippen molar-refractivity contribution in [2.24, 2.45) is 0 Å². The molecule has 0 unspecified atom stereocenters. The van der Waals surface area contributed by atoms with Gasteiger partial charge in [0, 0.05) is 11.9 Å². The van der Waals surface area contributed by atoms with Crippen LogP contribution in [0.1, 0.15) is 17.3 Å². The van der Waals surface area contributed by atoms with Crippen LogP contribution in [0.5, 0.6) is 0 Å². The Labute approximate surface area is 144 Å². The molecule has 0 bridgehead atoms. The fourth-order valence-corrected chi connectivity index (χ4v) is 2.78. The van der Waals surface area contributed by atoms with Gasteiger partial charge >= 0.3 is 0 Å². The lowest BCUT2D eigenvalue weighted by atomic mass is 10.1. The van der Waals surface area contributed by atoms with E-state index in [0.29, 0.717) is 24.3 Å². The summed E-state index contributed by atoms with van der Waals surface area (Å²) < 4.78 is 2.94. The molecule has 25 heavy (non-hydrogen) atoms. The third-order valence-corrected chi connectivity index (χ3v) is 3.95. The molecular formula is C17H20N6O2. The Bertz CT molecular complexity index is 988. The number of aromatic nitrogens is 5. The second-order valence-electron chi connectivity index (χ2n) is 5.87. The van der Waals surface area contributed by atoms with E-state index in [0.717, 1.165) is 16.9 Å². The highest BCUT2D eigenvalue weighted by Gasteiger charge is 2.11.